The summed E-state index contributed by atoms with van der Waals surface area (Å²) in [5, 5.41) is 20.9. The molecule has 36 heavy (non-hydrogen) atoms. The van der Waals surface area contributed by atoms with Crippen molar-refractivity contribution in [1.29, 1.82) is 0 Å². The van der Waals surface area contributed by atoms with Gasteiger partial charge in [0.25, 0.3) is 5.91 Å². The smallest absolute Gasteiger partial charge is 0.254 e. The number of carbonyl (C=O) groups is 1. The van der Waals surface area contributed by atoms with Gasteiger partial charge in [0.1, 0.15) is 5.75 Å². The van der Waals surface area contributed by atoms with Crippen LogP contribution in [0.4, 0.5) is 0 Å². The summed E-state index contributed by atoms with van der Waals surface area (Å²) in [6.07, 6.45) is 4.71. The van der Waals surface area contributed by atoms with Gasteiger partial charge in [-0.25, -0.2) is 13.4 Å². The number of aromatic amines is 1. The molecule has 1 amide bonds. The second-order valence-corrected chi connectivity index (χ2v) is 10.7. The standard InChI is InChI=1S/C26H25N5O4S/c1-36(34,35)20-4-2-3-17(15-20)5-10-22-24-21(26(33)31-13-11-27-12-14-31)16-23(28-25(24)30-29-22)18-6-8-19(32)9-7-18/h2-10,15-16,27,32H,11-14H2,1H3,(H,28,29,30). The third-order valence-electron chi connectivity index (χ3n) is 6.08. The Balaban J connectivity index is 1.60. The molecule has 9 nitrogen and oxygen atoms in total. The van der Waals surface area contributed by atoms with E-state index in [2.05, 4.69) is 20.5 Å². The third-order valence-corrected chi connectivity index (χ3v) is 7.19. The highest BCUT2D eigenvalue weighted by atomic mass is 32.2. The first-order chi connectivity index (χ1) is 17.3. The van der Waals surface area contributed by atoms with Crippen LogP contribution in [0.25, 0.3) is 34.4 Å². The summed E-state index contributed by atoms with van der Waals surface area (Å²) in [4.78, 5) is 20.3. The van der Waals surface area contributed by atoms with Crippen molar-refractivity contribution in [3.63, 3.8) is 0 Å². The Morgan fingerprint density at radius 1 is 1.06 bits per heavy atom. The number of fused-ring (bicyclic) bond motifs is 1. The van der Waals surface area contributed by atoms with E-state index in [9.17, 15) is 18.3 Å². The average molecular weight is 504 g/mol. The van der Waals surface area contributed by atoms with Gasteiger partial charge in [-0.1, -0.05) is 18.2 Å². The van der Waals surface area contributed by atoms with Crippen LogP contribution in [0.15, 0.2) is 59.5 Å². The second kappa shape index (κ2) is 9.56. The number of amides is 1. The lowest BCUT2D eigenvalue weighted by atomic mass is 10.0. The number of phenolic OH excluding ortho intramolecular Hbond substituents is 1. The number of hydrogen-bond donors (Lipinski definition) is 3. The van der Waals surface area contributed by atoms with Crippen LogP contribution < -0.4 is 5.32 Å². The zero-order chi connectivity index (χ0) is 25.3. The summed E-state index contributed by atoms with van der Waals surface area (Å²) in [7, 11) is -3.33. The number of sulfone groups is 1. The number of aromatic hydroxyl groups is 1. The largest absolute Gasteiger partial charge is 0.508 e. The highest BCUT2D eigenvalue weighted by molar-refractivity contribution is 7.90. The SMILES string of the molecule is CS(=O)(=O)c1cccc(C=Cc2[nH]nc3nc(-c4ccc(O)cc4)cc(C(=O)N4CCNCC4)c23)c1. The molecule has 2 aromatic carbocycles. The summed E-state index contributed by atoms with van der Waals surface area (Å²) in [6, 6.07) is 15.0. The number of phenols is 1. The summed E-state index contributed by atoms with van der Waals surface area (Å²) < 4.78 is 23.8. The van der Waals surface area contributed by atoms with Crippen molar-refractivity contribution in [1.82, 2.24) is 25.4 Å². The Bertz CT molecular complexity index is 1570. The molecule has 3 N–H and O–H groups in total. The normalized spacial score (nSPS) is 14.5. The van der Waals surface area contributed by atoms with Gasteiger partial charge in [-0.05, 0) is 54.1 Å². The predicted octanol–water partition coefficient (Wildman–Crippen LogP) is 2.95. The molecule has 1 aliphatic rings. The monoisotopic (exact) mass is 503 g/mol. The lowest BCUT2D eigenvalue weighted by Crippen LogP contribution is -2.46. The van der Waals surface area contributed by atoms with E-state index in [4.69, 9.17) is 0 Å². The number of nitrogens with one attached hydrogen (secondary N) is 2. The number of hydrogen-bond acceptors (Lipinski definition) is 7. The van der Waals surface area contributed by atoms with Crippen LogP contribution in [0.2, 0.25) is 0 Å². The molecular formula is C26H25N5O4S. The maximum absolute atomic E-state index is 13.6. The van der Waals surface area contributed by atoms with Crippen LogP contribution in [0.3, 0.4) is 0 Å². The van der Waals surface area contributed by atoms with Gasteiger partial charge in [0, 0.05) is 38.0 Å². The molecule has 4 aromatic rings. The van der Waals surface area contributed by atoms with Crippen molar-refractivity contribution in [2.45, 2.75) is 4.90 Å². The van der Waals surface area contributed by atoms with Crippen molar-refractivity contribution in [2.75, 3.05) is 32.4 Å². The van der Waals surface area contributed by atoms with Crippen molar-refractivity contribution in [2.24, 2.45) is 0 Å². The predicted molar refractivity (Wildman–Crippen MR) is 138 cm³/mol. The Morgan fingerprint density at radius 2 is 1.81 bits per heavy atom. The minimum atomic E-state index is -3.33. The average Bonchev–Trinajstić information content (AvgIpc) is 3.30. The first-order valence-electron chi connectivity index (χ1n) is 11.5. The van der Waals surface area contributed by atoms with E-state index in [-0.39, 0.29) is 16.6 Å². The summed E-state index contributed by atoms with van der Waals surface area (Å²) in [6.45, 7) is 2.64. The van der Waals surface area contributed by atoms with Gasteiger partial charge in [0.2, 0.25) is 0 Å². The molecule has 0 atom stereocenters. The molecule has 10 heteroatoms. The zero-order valence-corrected chi connectivity index (χ0v) is 20.4. The number of rotatable bonds is 5. The molecule has 1 saturated heterocycles. The third kappa shape index (κ3) is 4.86. The number of aromatic nitrogens is 3. The van der Waals surface area contributed by atoms with Crippen molar-refractivity contribution in [3.8, 4) is 17.0 Å². The molecule has 0 unspecified atom stereocenters. The number of pyridine rings is 1. The molecule has 0 aliphatic carbocycles. The first kappa shape index (κ1) is 23.7. The van der Waals surface area contributed by atoms with Crippen molar-refractivity contribution in [3.05, 3.63) is 71.4 Å². The molecule has 1 aliphatic heterocycles. The van der Waals surface area contributed by atoms with Crippen LogP contribution >= 0.6 is 0 Å². The fraction of sp³-hybridized carbons (Fsp3) is 0.192. The maximum atomic E-state index is 13.6. The van der Waals surface area contributed by atoms with Crippen molar-refractivity contribution >= 4 is 38.9 Å². The minimum Gasteiger partial charge on any atom is -0.508 e. The summed E-state index contributed by atoms with van der Waals surface area (Å²) >= 11 is 0. The van der Waals surface area contributed by atoms with Crippen molar-refractivity contribution < 1.29 is 18.3 Å². The second-order valence-electron chi connectivity index (χ2n) is 8.66. The van der Waals surface area contributed by atoms with Gasteiger partial charge in [0.05, 0.1) is 27.2 Å². The topological polar surface area (TPSA) is 128 Å². The molecule has 2 aromatic heterocycles. The van der Waals surface area contributed by atoms with E-state index < -0.39 is 9.84 Å². The number of nitrogens with zero attached hydrogens (tertiary/aromatic N) is 3. The fourth-order valence-electron chi connectivity index (χ4n) is 4.18. The molecular weight excluding hydrogens is 478 g/mol. The van der Waals surface area contributed by atoms with Gasteiger partial charge < -0.3 is 15.3 Å². The van der Waals surface area contributed by atoms with Gasteiger partial charge >= 0.3 is 0 Å². The first-order valence-corrected chi connectivity index (χ1v) is 13.4. The Labute approximate surface area is 208 Å². The molecule has 5 rings (SSSR count). The number of piperazine rings is 1. The van der Waals surface area contributed by atoms with Crippen LogP contribution in [-0.2, 0) is 9.84 Å². The number of H-pyrrole nitrogens is 1. The lowest BCUT2D eigenvalue weighted by Gasteiger charge is -2.27. The fourth-order valence-corrected chi connectivity index (χ4v) is 4.86. The molecule has 0 saturated carbocycles. The van der Waals surface area contributed by atoms with Gasteiger partial charge in [0.15, 0.2) is 15.5 Å². The van der Waals surface area contributed by atoms with Crippen LogP contribution in [0.5, 0.6) is 5.75 Å². The summed E-state index contributed by atoms with van der Waals surface area (Å²) in [5.41, 5.74) is 3.49. The Kier molecular flexibility index (Phi) is 6.29. The van der Waals surface area contributed by atoms with Crippen LogP contribution in [0.1, 0.15) is 21.6 Å². The highest BCUT2D eigenvalue weighted by Crippen LogP contribution is 2.29. The highest BCUT2D eigenvalue weighted by Gasteiger charge is 2.24. The Morgan fingerprint density at radius 3 is 2.53 bits per heavy atom. The van der Waals surface area contributed by atoms with E-state index in [0.717, 1.165) is 18.7 Å². The molecule has 184 valence electrons. The maximum Gasteiger partial charge on any atom is 0.254 e. The molecule has 0 radical (unpaired) electrons. The van der Waals surface area contributed by atoms with E-state index in [1.165, 1.54) is 6.26 Å². The molecule has 3 heterocycles. The van der Waals surface area contributed by atoms with E-state index in [1.807, 2.05) is 4.90 Å². The minimum absolute atomic E-state index is 0.112. The summed E-state index contributed by atoms with van der Waals surface area (Å²) in [5.74, 6) is 0.0307. The Hall–Kier alpha value is -4.02. The number of carbonyl (C=O) groups excluding carboxylic acids is 1. The lowest BCUT2D eigenvalue weighted by molar-refractivity contribution is 0.0737. The van der Waals surface area contributed by atoms with Gasteiger partial charge in [-0.2, -0.15) is 5.10 Å². The van der Waals surface area contributed by atoms with E-state index in [0.29, 0.717) is 46.6 Å². The van der Waals surface area contributed by atoms with Crippen LogP contribution in [-0.4, -0.2) is 71.9 Å². The van der Waals surface area contributed by atoms with Crippen LogP contribution in [0, 0.1) is 0 Å². The van der Waals surface area contributed by atoms with Gasteiger partial charge in [-0.15, -0.1) is 0 Å². The number of benzene rings is 2. The van der Waals surface area contributed by atoms with E-state index >= 15 is 0 Å². The molecule has 0 spiro atoms. The molecule has 1 fully saturated rings. The zero-order valence-electron chi connectivity index (χ0n) is 19.6. The van der Waals surface area contributed by atoms with E-state index in [1.54, 1.807) is 66.7 Å². The molecule has 0 bridgehead atoms. The quantitative estimate of drug-likeness (QED) is 0.382. The van der Waals surface area contributed by atoms with Gasteiger partial charge in [-0.3, -0.25) is 9.89 Å².